The molecule has 1 aromatic heterocycles. The van der Waals surface area contributed by atoms with Crippen molar-refractivity contribution in [3.05, 3.63) is 46.6 Å². The normalized spacial score (nSPS) is 16.6. The number of carbonyl (C=O) groups is 1. The molecular weight excluding hydrogens is 356 g/mol. The van der Waals surface area contributed by atoms with Gasteiger partial charge < -0.3 is 4.90 Å². The van der Waals surface area contributed by atoms with Crippen molar-refractivity contribution in [3.63, 3.8) is 0 Å². The fourth-order valence-electron chi connectivity index (χ4n) is 2.94. The van der Waals surface area contributed by atoms with Gasteiger partial charge in [0, 0.05) is 19.5 Å². The number of benzene rings is 1. The van der Waals surface area contributed by atoms with E-state index in [1.165, 1.54) is 14.1 Å². The van der Waals surface area contributed by atoms with Crippen molar-refractivity contribution in [3.8, 4) is 5.69 Å². The van der Waals surface area contributed by atoms with Gasteiger partial charge in [0.25, 0.3) is 0 Å². The first-order valence-electron chi connectivity index (χ1n) is 8.63. The molecule has 1 aliphatic rings. The maximum Gasteiger partial charge on any atom is 0.351 e. The molecule has 0 radical (unpaired) electrons. The number of rotatable bonds is 5. The van der Waals surface area contributed by atoms with Gasteiger partial charge in [-0.1, -0.05) is 25.1 Å². The number of amides is 1. The van der Waals surface area contributed by atoms with E-state index < -0.39 is 9.84 Å². The van der Waals surface area contributed by atoms with Crippen LogP contribution in [0.2, 0.25) is 0 Å². The van der Waals surface area contributed by atoms with Crippen LogP contribution >= 0.6 is 0 Å². The Labute approximate surface area is 152 Å². The number of aryl methyl sites for hydroxylation is 1. The highest BCUT2D eigenvalue weighted by Gasteiger charge is 2.26. The molecule has 0 unspecified atom stereocenters. The molecule has 0 aliphatic carbocycles. The van der Waals surface area contributed by atoms with Gasteiger partial charge in [-0.15, -0.1) is 5.10 Å². The van der Waals surface area contributed by atoms with Crippen molar-refractivity contribution in [2.75, 3.05) is 24.6 Å². The van der Waals surface area contributed by atoms with Crippen LogP contribution in [0.15, 0.2) is 35.1 Å². The van der Waals surface area contributed by atoms with Gasteiger partial charge in [-0.3, -0.25) is 9.36 Å². The Morgan fingerprint density at radius 3 is 2.42 bits per heavy atom. The zero-order valence-electron chi connectivity index (χ0n) is 14.7. The summed E-state index contributed by atoms with van der Waals surface area (Å²) in [5.74, 6) is 0.239. The maximum absolute atomic E-state index is 12.8. The summed E-state index contributed by atoms with van der Waals surface area (Å²) in [5, 5.41) is 4.39. The van der Waals surface area contributed by atoms with E-state index in [0.29, 0.717) is 17.9 Å². The molecule has 0 spiro atoms. The van der Waals surface area contributed by atoms with Crippen molar-refractivity contribution in [1.82, 2.24) is 19.2 Å². The van der Waals surface area contributed by atoms with Crippen molar-refractivity contribution in [1.29, 1.82) is 0 Å². The van der Waals surface area contributed by atoms with E-state index in [9.17, 15) is 18.0 Å². The smallest absolute Gasteiger partial charge is 0.339 e. The monoisotopic (exact) mass is 378 g/mol. The third kappa shape index (κ3) is 3.87. The Morgan fingerprint density at radius 1 is 1.15 bits per heavy atom. The van der Waals surface area contributed by atoms with Gasteiger partial charge in [0.05, 0.1) is 17.2 Å². The van der Waals surface area contributed by atoms with E-state index >= 15 is 0 Å². The van der Waals surface area contributed by atoms with Crippen LogP contribution in [0, 0.1) is 0 Å². The summed E-state index contributed by atoms with van der Waals surface area (Å²) in [7, 11) is -3.06. The topological polar surface area (TPSA) is 94.3 Å². The molecule has 26 heavy (non-hydrogen) atoms. The van der Waals surface area contributed by atoms with Crippen LogP contribution in [0.25, 0.3) is 5.69 Å². The first-order chi connectivity index (χ1) is 12.4. The van der Waals surface area contributed by atoms with E-state index in [0.717, 1.165) is 6.42 Å². The third-order valence-corrected chi connectivity index (χ3v) is 6.01. The van der Waals surface area contributed by atoms with Crippen LogP contribution in [-0.2, 0) is 27.6 Å². The third-order valence-electron chi connectivity index (χ3n) is 4.40. The Bertz CT molecular complexity index is 933. The van der Waals surface area contributed by atoms with E-state index in [-0.39, 0.29) is 42.7 Å². The van der Waals surface area contributed by atoms with Crippen LogP contribution in [-0.4, -0.2) is 58.2 Å². The lowest BCUT2D eigenvalue weighted by molar-refractivity contribution is -0.131. The molecule has 0 bridgehead atoms. The second kappa shape index (κ2) is 7.45. The van der Waals surface area contributed by atoms with Crippen molar-refractivity contribution in [2.45, 2.75) is 26.3 Å². The van der Waals surface area contributed by atoms with Gasteiger partial charge >= 0.3 is 5.69 Å². The standard InChI is InChI=1S/C17H22N4O4S/c1-2-6-15-18-21(14-7-4-3-5-8-14)17(23)20(15)13-16(22)19-9-11-26(24,25)12-10-19/h3-5,7-8H,2,6,9-13H2,1H3. The number of hydrogen-bond acceptors (Lipinski definition) is 5. The molecule has 0 atom stereocenters. The predicted molar refractivity (Wildman–Crippen MR) is 97.1 cm³/mol. The zero-order chi connectivity index (χ0) is 18.7. The lowest BCUT2D eigenvalue weighted by atomic mass is 10.3. The van der Waals surface area contributed by atoms with Crippen LogP contribution in [0.3, 0.4) is 0 Å². The molecule has 1 aromatic carbocycles. The Morgan fingerprint density at radius 2 is 1.81 bits per heavy atom. The lowest BCUT2D eigenvalue weighted by Crippen LogP contribution is -2.46. The van der Waals surface area contributed by atoms with Crippen LogP contribution < -0.4 is 5.69 Å². The number of nitrogens with zero attached hydrogens (tertiary/aromatic N) is 4. The second-order valence-electron chi connectivity index (χ2n) is 6.31. The van der Waals surface area contributed by atoms with Crippen molar-refractivity contribution < 1.29 is 13.2 Å². The SMILES string of the molecule is CCCc1nn(-c2ccccc2)c(=O)n1CC(=O)N1CCS(=O)(=O)CC1. The van der Waals surface area contributed by atoms with Gasteiger partial charge in [0.2, 0.25) is 5.91 Å². The summed E-state index contributed by atoms with van der Waals surface area (Å²) in [6.45, 7) is 2.20. The molecule has 140 valence electrons. The van der Waals surface area contributed by atoms with Gasteiger partial charge in [-0.05, 0) is 18.6 Å². The minimum atomic E-state index is -3.06. The Balaban J connectivity index is 1.86. The molecule has 8 nitrogen and oxygen atoms in total. The summed E-state index contributed by atoms with van der Waals surface area (Å²) < 4.78 is 25.7. The van der Waals surface area contributed by atoms with Gasteiger partial charge in [0.1, 0.15) is 12.4 Å². The quantitative estimate of drug-likeness (QED) is 0.743. The summed E-state index contributed by atoms with van der Waals surface area (Å²) in [6, 6.07) is 9.06. The summed E-state index contributed by atoms with van der Waals surface area (Å²) >= 11 is 0. The highest BCUT2D eigenvalue weighted by Crippen LogP contribution is 2.08. The second-order valence-corrected chi connectivity index (χ2v) is 8.62. The molecular formula is C17H22N4O4S. The average molecular weight is 378 g/mol. The van der Waals surface area contributed by atoms with Gasteiger partial charge in [-0.2, -0.15) is 4.68 Å². The number of para-hydroxylation sites is 1. The minimum absolute atomic E-state index is 0.0290. The Hall–Kier alpha value is -2.42. The molecule has 2 aromatic rings. The number of hydrogen-bond donors (Lipinski definition) is 0. The van der Waals surface area contributed by atoms with E-state index in [1.54, 1.807) is 12.1 Å². The molecule has 3 rings (SSSR count). The molecule has 0 saturated carbocycles. The molecule has 1 aliphatic heterocycles. The molecule has 1 amide bonds. The van der Waals surface area contributed by atoms with Crippen LogP contribution in [0.5, 0.6) is 0 Å². The van der Waals surface area contributed by atoms with E-state index in [4.69, 9.17) is 0 Å². The van der Waals surface area contributed by atoms with Crippen LogP contribution in [0.4, 0.5) is 0 Å². The van der Waals surface area contributed by atoms with Crippen molar-refractivity contribution >= 4 is 15.7 Å². The summed E-state index contributed by atoms with van der Waals surface area (Å²) in [4.78, 5) is 26.9. The van der Waals surface area contributed by atoms with Gasteiger partial charge in [-0.25, -0.2) is 13.2 Å². The highest BCUT2D eigenvalue weighted by molar-refractivity contribution is 7.91. The molecule has 2 heterocycles. The predicted octanol–water partition coefficient (Wildman–Crippen LogP) is 0.244. The summed E-state index contributed by atoms with van der Waals surface area (Å²) in [5.41, 5.74) is 0.280. The number of aromatic nitrogens is 3. The Kier molecular flexibility index (Phi) is 5.26. The summed E-state index contributed by atoms with van der Waals surface area (Å²) in [6.07, 6.45) is 1.37. The fraction of sp³-hybridized carbons (Fsp3) is 0.471. The molecule has 0 N–H and O–H groups in total. The largest absolute Gasteiger partial charge is 0.351 e. The first kappa shape index (κ1) is 18.4. The molecule has 1 saturated heterocycles. The maximum atomic E-state index is 12.8. The molecule has 9 heteroatoms. The van der Waals surface area contributed by atoms with E-state index in [2.05, 4.69) is 5.10 Å². The zero-order valence-corrected chi connectivity index (χ0v) is 15.5. The van der Waals surface area contributed by atoms with Crippen LogP contribution in [0.1, 0.15) is 19.2 Å². The number of sulfone groups is 1. The number of carbonyl (C=O) groups excluding carboxylic acids is 1. The highest BCUT2D eigenvalue weighted by atomic mass is 32.2. The van der Waals surface area contributed by atoms with E-state index in [1.807, 2.05) is 25.1 Å². The first-order valence-corrected chi connectivity index (χ1v) is 10.5. The average Bonchev–Trinajstić information content (AvgIpc) is 2.92. The fourth-order valence-corrected chi connectivity index (χ4v) is 4.14. The lowest BCUT2D eigenvalue weighted by Gasteiger charge is -2.26. The van der Waals surface area contributed by atoms with Gasteiger partial charge in [0.15, 0.2) is 9.84 Å². The van der Waals surface area contributed by atoms with Crippen molar-refractivity contribution in [2.24, 2.45) is 0 Å². The minimum Gasteiger partial charge on any atom is -0.339 e. The molecule has 1 fully saturated rings.